The quantitative estimate of drug-likeness (QED) is 0.866. The number of aliphatic hydroxyl groups excluding tert-OH is 1. The Morgan fingerprint density at radius 2 is 2.00 bits per heavy atom. The van der Waals surface area contributed by atoms with Gasteiger partial charge in [-0.3, -0.25) is 0 Å². The van der Waals surface area contributed by atoms with E-state index in [2.05, 4.69) is 28.1 Å². The smallest absolute Gasteiger partial charge is 0.0521 e. The van der Waals surface area contributed by atoms with Gasteiger partial charge in [0.05, 0.1) is 6.61 Å². The van der Waals surface area contributed by atoms with E-state index in [1.54, 1.807) is 11.8 Å². The van der Waals surface area contributed by atoms with E-state index in [4.69, 9.17) is 10.8 Å². The maximum atomic E-state index is 8.73. The molecule has 0 aromatic heterocycles. The second-order valence-corrected chi connectivity index (χ2v) is 5.10. The monoisotopic (exact) mass is 275 g/mol. The fourth-order valence-corrected chi connectivity index (χ4v) is 2.31. The first-order valence-corrected chi connectivity index (χ1v) is 6.30. The molecule has 0 bridgehead atoms. The van der Waals surface area contributed by atoms with Crippen molar-refractivity contribution < 1.29 is 5.11 Å². The molecule has 2 nitrogen and oxygen atoms in total. The van der Waals surface area contributed by atoms with Crippen LogP contribution in [0.1, 0.15) is 10.8 Å². The normalized spacial score (nSPS) is 12.8. The molecule has 0 aliphatic rings. The summed E-state index contributed by atoms with van der Waals surface area (Å²) in [4.78, 5) is 0. The fourth-order valence-electron chi connectivity index (χ4n) is 1.17. The van der Waals surface area contributed by atoms with Crippen molar-refractivity contribution in [1.82, 2.24) is 0 Å². The van der Waals surface area contributed by atoms with Gasteiger partial charge in [-0.15, -0.1) is 0 Å². The molecule has 0 aliphatic carbocycles. The van der Waals surface area contributed by atoms with Crippen molar-refractivity contribution >= 4 is 27.7 Å². The number of aliphatic hydroxyl groups is 1. The van der Waals surface area contributed by atoms with Crippen LogP contribution in [0.25, 0.3) is 0 Å². The summed E-state index contributed by atoms with van der Waals surface area (Å²) in [5, 5.41) is 9.02. The summed E-state index contributed by atoms with van der Waals surface area (Å²) >= 11 is 5.08. The Morgan fingerprint density at radius 1 is 1.36 bits per heavy atom. The van der Waals surface area contributed by atoms with Crippen molar-refractivity contribution in [3.8, 4) is 0 Å². The summed E-state index contributed by atoms with van der Waals surface area (Å²) in [7, 11) is 0. The Labute approximate surface area is 97.0 Å². The predicted molar refractivity (Wildman–Crippen MR) is 65.5 cm³/mol. The summed E-state index contributed by atoms with van der Waals surface area (Å²) in [6.07, 6.45) is 0. The first-order valence-electron chi connectivity index (χ1n) is 4.46. The minimum absolute atomic E-state index is 0.206. The van der Waals surface area contributed by atoms with Crippen molar-refractivity contribution in [3.63, 3.8) is 0 Å². The highest BCUT2D eigenvalue weighted by atomic mass is 79.9. The molecule has 78 valence electrons. The molecule has 1 atom stereocenters. The lowest BCUT2D eigenvalue weighted by Gasteiger charge is -2.13. The van der Waals surface area contributed by atoms with Crippen LogP contribution in [0.5, 0.6) is 0 Å². The van der Waals surface area contributed by atoms with Gasteiger partial charge in [-0.1, -0.05) is 28.1 Å². The third-order valence-electron chi connectivity index (χ3n) is 1.87. The summed E-state index contributed by atoms with van der Waals surface area (Å²) in [5.41, 5.74) is 6.89. The molecule has 1 aromatic rings. The third kappa shape index (κ3) is 3.61. The largest absolute Gasteiger partial charge is 0.396 e. The van der Waals surface area contributed by atoms with E-state index >= 15 is 0 Å². The van der Waals surface area contributed by atoms with Crippen LogP contribution < -0.4 is 5.73 Å². The molecule has 14 heavy (non-hydrogen) atoms. The average molecular weight is 276 g/mol. The third-order valence-corrected chi connectivity index (χ3v) is 3.68. The lowest BCUT2D eigenvalue weighted by atomic mass is 10.1. The highest BCUT2D eigenvalue weighted by Gasteiger charge is 2.08. The minimum Gasteiger partial charge on any atom is -0.396 e. The van der Waals surface area contributed by atoms with Crippen molar-refractivity contribution in [2.75, 3.05) is 18.9 Å². The molecule has 0 heterocycles. The van der Waals surface area contributed by atoms with Crippen LogP contribution in [0.15, 0.2) is 28.7 Å². The molecule has 1 aromatic carbocycles. The first-order chi connectivity index (χ1) is 6.77. The van der Waals surface area contributed by atoms with Crippen molar-refractivity contribution in [2.24, 2.45) is 5.73 Å². The van der Waals surface area contributed by atoms with E-state index in [0.717, 1.165) is 10.2 Å². The molecule has 0 amide bonds. The van der Waals surface area contributed by atoms with Gasteiger partial charge in [0.15, 0.2) is 0 Å². The average Bonchev–Trinajstić information content (AvgIpc) is 2.21. The molecule has 0 radical (unpaired) electrons. The summed E-state index contributed by atoms with van der Waals surface area (Å²) in [5.74, 6) is 0.734. The molecular weight excluding hydrogens is 262 g/mol. The van der Waals surface area contributed by atoms with Crippen LogP contribution in [-0.4, -0.2) is 24.0 Å². The van der Waals surface area contributed by atoms with Gasteiger partial charge in [-0.25, -0.2) is 0 Å². The molecular formula is C10H14BrNOS. The van der Waals surface area contributed by atoms with E-state index in [0.29, 0.717) is 6.54 Å². The Balaban J connectivity index is 2.64. The van der Waals surface area contributed by atoms with Gasteiger partial charge < -0.3 is 10.8 Å². The van der Waals surface area contributed by atoms with E-state index < -0.39 is 0 Å². The molecule has 0 fully saturated rings. The molecule has 4 heteroatoms. The van der Waals surface area contributed by atoms with Gasteiger partial charge in [0.1, 0.15) is 0 Å². The standard InChI is InChI=1S/C10H14BrNOS/c11-9-3-1-8(2-4-9)10(7-12)14-6-5-13/h1-4,10,13H,5-7,12H2. The van der Waals surface area contributed by atoms with Crippen LogP contribution in [0.4, 0.5) is 0 Å². The van der Waals surface area contributed by atoms with Gasteiger partial charge in [0, 0.05) is 22.0 Å². The Morgan fingerprint density at radius 3 is 2.50 bits per heavy atom. The number of benzene rings is 1. The number of nitrogens with two attached hydrogens (primary N) is 1. The van der Waals surface area contributed by atoms with Crippen LogP contribution in [-0.2, 0) is 0 Å². The number of rotatable bonds is 5. The molecule has 1 rings (SSSR count). The second-order valence-electron chi connectivity index (χ2n) is 2.87. The van der Waals surface area contributed by atoms with E-state index in [1.165, 1.54) is 5.56 Å². The summed E-state index contributed by atoms with van der Waals surface area (Å²) < 4.78 is 1.07. The highest BCUT2D eigenvalue weighted by molar-refractivity contribution is 9.10. The molecule has 1 unspecified atom stereocenters. The lowest BCUT2D eigenvalue weighted by Crippen LogP contribution is -2.10. The topological polar surface area (TPSA) is 46.2 Å². The highest BCUT2D eigenvalue weighted by Crippen LogP contribution is 2.28. The van der Waals surface area contributed by atoms with Gasteiger partial charge in [0.25, 0.3) is 0 Å². The van der Waals surface area contributed by atoms with Crippen molar-refractivity contribution in [2.45, 2.75) is 5.25 Å². The Bertz CT molecular complexity index is 265. The van der Waals surface area contributed by atoms with E-state index in [9.17, 15) is 0 Å². The molecule has 0 saturated heterocycles. The van der Waals surface area contributed by atoms with E-state index in [1.807, 2.05) is 12.1 Å². The number of halogens is 1. The number of hydrogen-bond donors (Lipinski definition) is 2. The number of hydrogen-bond acceptors (Lipinski definition) is 3. The van der Waals surface area contributed by atoms with Crippen LogP contribution in [0.3, 0.4) is 0 Å². The van der Waals surface area contributed by atoms with Gasteiger partial charge in [-0.2, -0.15) is 11.8 Å². The van der Waals surface area contributed by atoms with Crippen molar-refractivity contribution in [3.05, 3.63) is 34.3 Å². The zero-order valence-corrected chi connectivity index (χ0v) is 10.2. The summed E-state index contributed by atoms with van der Waals surface area (Å²) in [6.45, 7) is 0.810. The molecule has 0 saturated carbocycles. The van der Waals surface area contributed by atoms with Crippen LogP contribution >= 0.6 is 27.7 Å². The Hall–Kier alpha value is -0.0300. The van der Waals surface area contributed by atoms with Gasteiger partial charge in [-0.05, 0) is 17.7 Å². The van der Waals surface area contributed by atoms with Crippen molar-refractivity contribution in [1.29, 1.82) is 0 Å². The predicted octanol–water partition coefficient (Wildman–Crippen LogP) is 2.17. The Kier molecular flexibility index (Phi) is 5.55. The molecule has 0 spiro atoms. The second kappa shape index (κ2) is 6.45. The number of thioether (sulfide) groups is 1. The zero-order chi connectivity index (χ0) is 10.4. The van der Waals surface area contributed by atoms with E-state index in [-0.39, 0.29) is 11.9 Å². The molecule has 0 aliphatic heterocycles. The SMILES string of the molecule is NCC(SCCO)c1ccc(Br)cc1. The zero-order valence-electron chi connectivity index (χ0n) is 7.82. The first kappa shape index (κ1) is 12.0. The maximum absolute atomic E-state index is 8.73. The van der Waals surface area contributed by atoms with Crippen LogP contribution in [0, 0.1) is 0 Å². The maximum Gasteiger partial charge on any atom is 0.0521 e. The summed E-state index contributed by atoms with van der Waals surface area (Å²) in [6, 6.07) is 8.15. The van der Waals surface area contributed by atoms with Crippen LogP contribution in [0.2, 0.25) is 0 Å². The minimum atomic E-state index is 0.206. The molecule has 3 N–H and O–H groups in total. The fraction of sp³-hybridized carbons (Fsp3) is 0.400. The van der Waals surface area contributed by atoms with Gasteiger partial charge in [0.2, 0.25) is 0 Å². The lowest BCUT2D eigenvalue weighted by molar-refractivity contribution is 0.322. The van der Waals surface area contributed by atoms with Gasteiger partial charge >= 0.3 is 0 Å².